The SMILES string of the molecule is CCc1ccc2c(c1)CCCN2C(=O)[C@@H]1CCCC[C@@H]1C(=O)O. The van der Waals surface area contributed by atoms with E-state index in [0.29, 0.717) is 19.4 Å². The van der Waals surface area contributed by atoms with Crippen LogP contribution in [0.3, 0.4) is 0 Å². The van der Waals surface area contributed by atoms with Crippen molar-refractivity contribution in [2.45, 2.75) is 51.9 Å². The van der Waals surface area contributed by atoms with Crippen LogP contribution in [0.15, 0.2) is 18.2 Å². The monoisotopic (exact) mass is 315 g/mol. The summed E-state index contributed by atoms with van der Waals surface area (Å²) in [5.41, 5.74) is 3.51. The van der Waals surface area contributed by atoms with Crippen molar-refractivity contribution >= 4 is 17.6 Å². The topological polar surface area (TPSA) is 57.6 Å². The zero-order valence-electron chi connectivity index (χ0n) is 13.8. The highest BCUT2D eigenvalue weighted by atomic mass is 16.4. The van der Waals surface area contributed by atoms with Crippen LogP contribution in [-0.4, -0.2) is 23.5 Å². The van der Waals surface area contributed by atoms with Crippen molar-refractivity contribution in [2.24, 2.45) is 11.8 Å². The van der Waals surface area contributed by atoms with Crippen molar-refractivity contribution in [2.75, 3.05) is 11.4 Å². The summed E-state index contributed by atoms with van der Waals surface area (Å²) in [5.74, 6) is -1.68. The molecule has 1 aromatic rings. The van der Waals surface area contributed by atoms with Crippen molar-refractivity contribution < 1.29 is 14.7 Å². The van der Waals surface area contributed by atoms with Crippen LogP contribution >= 0.6 is 0 Å². The van der Waals surface area contributed by atoms with Crippen LogP contribution in [0.5, 0.6) is 0 Å². The second-order valence-corrected chi connectivity index (χ2v) is 6.75. The molecule has 1 aliphatic heterocycles. The third-order valence-electron chi connectivity index (χ3n) is 5.34. The van der Waals surface area contributed by atoms with Gasteiger partial charge in [0.1, 0.15) is 0 Å². The molecule has 1 heterocycles. The number of aryl methyl sites for hydroxylation is 2. The molecule has 1 N–H and O–H groups in total. The van der Waals surface area contributed by atoms with Crippen molar-refractivity contribution in [3.63, 3.8) is 0 Å². The van der Waals surface area contributed by atoms with Crippen LogP contribution < -0.4 is 4.90 Å². The second-order valence-electron chi connectivity index (χ2n) is 6.75. The standard InChI is InChI=1S/C19H25NO3/c1-2-13-9-10-17-14(12-13)6-5-11-20(17)18(21)15-7-3-4-8-16(15)19(22)23/h9-10,12,15-16H,2-8,11H2,1H3,(H,22,23)/t15-,16+/m1/s1. The molecule has 4 nitrogen and oxygen atoms in total. The fourth-order valence-corrected chi connectivity index (χ4v) is 4.02. The Morgan fingerprint density at radius 1 is 1.17 bits per heavy atom. The smallest absolute Gasteiger partial charge is 0.307 e. The molecule has 0 aromatic heterocycles. The molecule has 1 amide bonds. The van der Waals surface area contributed by atoms with Gasteiger partial charge in [0.2, 0.25) is 5.91 Å². The second kappa shape index (κ2) is 6.73. The van der Waals surface area contributed by atoms with Gasteiger partial charge in [-0.2, -0.15) is 0 Å². The highest BCUT2D eigenvalue weighted by Crippen LogP contribution is 2.35. The van der Waals surface area contributed by atoms with Crippen LogP contribution in [0.25, 0.3) is 0 Å². The highest BCUT2D eigenvalue weighted by molar-refractivity contribution is 5.98. The van der Waals surface area contributed by atoms with E-state index >= 15 is 0 Å². The Morgan fingerprint density at radius 2 is 1.91 bits per heavy atom. The van der Waals surface area contributed by atoms with Gasteiger partial charge in [0.25, 0.3) is 0 Å². The van der Waals surface area contributed by atoms with Gasteiger partial charge in [0.15, 0.2) is 0 Å². The average Bonchev–Trinajstić information content (AvgIpc) is 2.60. The number of benzene rings is 1. The summed E-state index contributed by atoms with van der Waals surface area (Å²) >= 11 is 0. The van der Waals surface area contributed by atoms with Crippen molar-refractivity contribution in [1.29, 1.82) is 0 Å². The lowest BCUT2D eigenvalue weighted by Gasteiger charge is -2.36. The van der Waals surface area contributed by atoms with Crippen LogP contribution in [0, 0.1) is 11.8 Å². The summed E-state index contributed by atoms with van der Waals surface area (Å²) in [6.07, 6.45) is 6.14. The van der Waals surface area contributed by atoms with E-state index in [1.165, 1.54) is 11.1 Å². The number of carboxylic acid groups (broad SMARTS) is 1. The Labute approximate surface area is 137 Å². The third-order valence-corrected chi connectivity index (χ3v) is 5.34. The number of amides is 1. The van der Waals surface area contributed by atoms with E-state index in [1.54, 1.807) is 0 Å². The van der Waals surface area contributed by atoms with Gasteiger partial charge >= 0.3 is 5.97 Å². The Balaban J connectivity index is 1.87. The Morgan fingerprint density at radius 3 is 2.61 bits per heavy atom. The van der Waals surface area contributed by atoms with Gasteiger partial charge in [-0.05, 0) is 49.3 Å². The molecule has 1 saturated carbocycles. The quantitative estimate of drug-likeness (QED) is 0.930. The number of nitrogens with zero attached hydrogens (tertiary/aromatic N) is 1. The molecule has 0 radical (unpaired) electrons. The lowest BCUT2D eigenvalue weighted by atomic mass is 9.78. The molecule has 1 aliphatic carbocycles. The van der Waals surface area contributed by atoms with Gasteiger partial charge in [-0.15, -0.1) is 0 Å². The van der Waals surface area contributed by atoms with E-state index in [1.807, 2.05) is 11.0 Å². The Hall–Kier alpha value is -1.84. The molecule has 0 saturated heterocycles. The molecule has 0 unspecified atom stereocenters. The first-order valence-corrected chi connectivity index (χ1v) is 8.77. The zero-order valence-corrected chi connectivity index (χ0v) is 13.8. The molecule has 2 atom stereocenters. The number of hydrogen-bond donors (Lipinski definition) is 1. The lowest BCUT2D eigenvalue weighted by Crippen LogP contribution is -2.44. The zero-order chi connectivity index (χ0) is 16.4. The van der Waals surface area contributed by atoms with Crippen molar-refractivity contribution in [3.8, 4) is 0 Å². The molecule has 1 aromatic carbocycles. The average molecular weight is 315 g/mol. The molecule has 3 rings (SSSR count). The largest absolute Gasteiger partial charge is 0.481 e. The number of carbonyl (C=O) groups excluding carboxylic acids is 1. The molecule has 2 aliphatic rings. The summed E-state index contributed by atoms with van der Waals surface area (Å²) in [5, 5.41) is 9.45. The van der Waals surface area contributed by atoms with E-state index in [9.17, 15) is 14.7 Å². The molecular formula is C19H25NO3. The Bertz CT molecular complexity index is 611. The fourth-order valence-electron chi connectivity index (χ4n) is 4.02. The van der Waals surface area contributed by atoms with Crippen LogP contribution in [0.4, 0.5) is 5.69 Å². The van der Waals surface area contributed by atoms with Gasteiger partial charge in [-0.1, -0.05) is 31.9 Å². The molecule has 4 heteroatoms. The van der Waals surface area contributed by atoms with Crippen molar-refractivity contribution in [3.05, 3.63) is 29.3 Å². The highest BCUT2D eigenvalue weighted by Gasteiger charge is 2.39. The van der Waals surface area contributed by atoms with Crippen LogP contribution in [0.1, 0.15) is 50.2 Å². The minimum absolute atomic E-state index is 0.0160. The number of hydrogen-bond acceptors (Lipinski definition) is 2. The number of carboxylic acids is 1. The van der Waals surface area contributed by atoms with Gasteiger partial charge in [-0.25, -0.2) is 0 Å². The number of carbonyl (C=O) groups is 2. The number of rotatable bonds is 3. The van der Waals surface area contributed by atoms with Gasteiger partial charge in [0, 0.05) is 12.2 Å². The van der Waals surface area contributed by atoms with Crippen molar-refractivity contribution in [1.82, 2.24) is 0 Å². The van der Waals surface area contributed by atoms with Gasteiger partial charge in [0.05, 0.1) is 11.8 Å². The number of aliphatic carboxylic acids is 1. The summed E-state index contributed by atoms with van der Waals surface area (Å²) in [6, 6.07) is 6.33. The maximum Gasteiger partial charge on any atom is 0.307 e. The number of anilines is 1. The fraction of sp³-hybridized carbons (Fsp3) is 0.579. The third kappa shape index (κ3) is 3.12. The van der Waals surface area contributed by atoms with Crippen LogP contribution in [0.2, 0.25) is 0 Å². The molecule has 0 bridgehead atoms. The summed E-state index contributed by atoms with van der Waals surface area (Å²) < 4.78 is 0. The number of fused-ring (bicyclic) bond motifs is 1. The van der Waals surface area contributed by atoms with E-state index in [4.69, 9.17) is 0 Å². The van der Waals surface area contributed by atoms with Gasteiger partial charge in [-0.3, -0.25) is 9.59 Å². The first-order chi connectivity index (χ1) is 11.1. The predicted octanol–water partition coefficient (Wildman–Crippen LogP) is 3.42. The Kier molecular flexibility index (Phi) is 4.69. The minimum Gasteiger partial charge on any atom is -0.481 e. The van der Waals surface area contributed by atoms with Crippen LogP contribution in [-0.2, 0) is 22.4 Å². The predicted molar refractivity (Wildman–Crippen MR) is 89.6 cm³/mol. The van der Waals surface area contributed by atoms with Gasteiger partial charge < -0.3 is 10.0 Å². The first kappa shape index (κ1) is 16.0. The maximum atomic E-state index is 13.0. The molecule has 124 valence electrons. The lowest BCUT2D eigenvalue weighted by molar-refractivity contribution is -0.148. The normalized spacial score (nSPS) is 24.1. The molecule has 23 heavy (non-hydrogen) atoms. The first-order valence-electron chi connectivity index (χ1n) is 8.77. The summed E-state index contributed by atoms with van der Waals surface area (Å²) in [7, 11) is 0. The van der Waals surface area contributed by atoms with E-state index in [0.717, 1.165) is 37.8 Å². The maximum absolute atomic E-state index is 13.0. The van der Waals surface area contributed by atoms with E-state index in [2.05, 4.69) is 19.1 Å². The molecular weight excluding hydrogens is 290 g/mol. The van der Waals surface area contributed by atoms with E-state index < -0.39 is 11.9 Å². The summed E-state index contributed by atoms with van der Waals surface area (Å²) in [6.45, 7) is 2.84. The molecule has 0 spiro atoms. The van der Waals surface area contributed by atoms with E-state index in [-0.39, 0.29) is 11.8 Å². The minimum atomic E-state index is -0.818. The summed E-state index contributed by atoms with van der Waals surface area (Å²) in [4.78, 5) is 26.4. The molecule has 1 fully saturated rings.